The Morgan fingerprint density at radius 2 is 1.91 bits per heavy atom. The first-order chi connectivity index (χ1) is 15.3. The second-order valence-corrected chi connectivity index (χ2v) is 8.82. The smallest absolute Gasteiger partial charge is 0.261 e. The number of aromatic amines is 1. The molecule has 2 N–H and O–H groups in total. The molecule has 0 fully saturated rings. The summed E-state index contributed by atoms with van der Waals surface area (Å²) in [5.74, 6) is 0.142. The van der Waals surface area contributed by atoms with E-state index < -0.39 is 11.5 Å². The molecule has 0 spiro atoms. The number of ether oxygens (including phenoxy) is 1. The van der Waals surface area contributed by atoms with Crippen LogP contribution in [0.3, 0.4) is 0 Å². The maximum absolute atomic E-state index is 12.6. The fraction of sp³-hybridized carbons (Fsp3) is 0.280. The van der Waals surface area contributed by atoms with Crippen LogP contribution < -0.4 is 15.6 Å². The molecule has 0 aliphatic heterocycles. The molecule has 0 saturated heterocycles. The van der Waals surface area contributed by atoms with Gasteiger partial charge in [-0.05, 0) is 41.7 Å². The van der Waals surface area contributed by atoms with E-state index in [1.54, 1.807) is 12.4 Å². The number of aromatic nitrogens is 2. The molecule has 7 heteroatoms. The molecular weight excluding hydrogens is 406 g/mol. The lowest BCUT2D eigenvalue weighted by Crippen LogP contribution is -2.34. The summed E-state index contributed by atoms with van der Waals surface area (Å²) in [6, 6.07) is 12.6. The molecule has 0 bridgehead atoms. The average molecular weight is 431 g/mol. The average Bonchev–Trinajstić information content (AvgIpc) is 2.76. The van der Waals surface area contributed by atoms with E-state index >= 15 is 0 Å². The van der Waals surface area contributed by atoms with E-state index in [2.05, 4.69) is 15.3 Å². The molecule has 32 heavy (non-hydrogen) atoms. The third-order valence-electron chi connectivity index (χ3n) is 5.47. The van der Waals surface area contributed by atoms with E-state index in [0.717, 1.165) is 11.1 Å². The summed E-state index contributed by atoms with van der Waals surface area (Å²) >= 11 is 0. The second-order valence-electron chi connectivity index (χ2n) is 8.82. The predicted molar refractivity (Wildman–Crippen MR) is 120 cm³/mol. The number of hydrogen-bond donors (Lipinski definition) is 2. The van der Waals surface area contributed by atoms with E-state index in [9.17, 15) is 14.4 Å². The molecule has 0 saturated carbocycles. The highest BCUT2D eigenvalue weighted by atomic mass is 16.5. The summed E-state index contributed by atoms with van der Waals surface area (Å²) in [5.41, 5.74) is 2.14. The van der Waals surface area contributed by atoms with Crippen LogP contribution in [0.2, 0.25) is 0 Å². The molecule has 7 nitrogen and oxygen atoms in total. The number of hydrogen-bond acceptors (Lipinski definition) is 5. The van der Waals surface area contributed by atoms with Crippen LogP contribution in [0.1, 0.15) is 57.8 Å². The Balaban J connectivity index is 1.38. The lowest BCUT2D eigenvalue weighted by atomic mass is 9.75. The molecule has 4 rings (SSSR count). The highest BCUT2D eigenvalue weighted by Crippen LogP contribution is 2.33. The molecule has 0 unspecified atom stereocenters. The minimum absolute atomic E-state index is 0.0479. The van der Waals surface area contributed by atoms with Crippen LogP contribution in [0.25, 0.3) is 0 Å². The van der Waals surface area contributed by atoms with E-state index in [4.69, 9.17) is 4.74 Å². The number of carbonyl (C=O) groups excluding carboxylic acids is 2. The number of H-pyrrole nitrogens is 1. The second kappa shape index (κ2) is 8.78. The number of nitrogens with zero attached hydrogens (tertiary/aromatic N) is 1. The lowest BCUT2D eigenvalue weighted by molar-refractivity contribution is 0.0910. The number of amides is 1. The summed E-state index contributed by atoms with van der Waals surface area (Å²) < 4.78 is 5.73. The lowest BCUT2D eigenvalue weighted by Gasteiger charge is -2.29. The number of rotatable bonds is 6. The van der Waals surface area contributed by atoms with Crippen molar-refractivity contribution in [2.75, 3.05) is 0 Å². The molecule has 0 atom stereocenters. The number of fused-ring (bicyclic) bond motifs is 1. The molecule has 0 radical (unpaired) electrons. The van der Waals surface area contributed by atoms with Crippen LogP contribution in [0.5, 0.6) is 5.75 Å². The zero-order valence-corrected chi connectivity index (χ0v) is 18.1. The molecular formula is C25H25N3O4. The summed E-state index contributed by atoms with van der Waals surface area (Å²) in [7, 11) is 0. The first kappa shape index (κ1) is 21.5. The van der Waals surface area contributed by atoms with Gasteiger partial charge in [-0.15, -0.1) is 0 Å². The van der Waals surface area contributed by atoms with Gasteiger partial charge < -0.3 is 15.0 Å². The van der Waals surface area contributed by atoms with Crippen molar-refractivity contribution in [1.29, 1.82) is 0 Å². The van der Waals surface area contributed by atoms with Crippen molar-refractivity contribution in [3.63, 3.8) is 0 Å². The maximum Gasteiger partial charge on any atom is 0.261 e. The minimum Gasteiger partial charge on any atom is -0.489 e. The molecule has 3 aromatic rings. The Bertz CT molecular complexity index is 1200. The number of carbonyl (C=O) groups is 2. The minimum atomic E-state index is -0.511. The van der Waals surface area contributed by atoms with Crippen molar-refractivity contribution in [2.24, 2.45) is 5.41 Å². The standard InChI is InChI=1S/C25H25N3O4/c1-25(2)11-21-19(22(29)12-25)10-20(24(31)28-21)23(30)27-14-16-5-7-18(8-6-16)32-15-17-4-3-9-26-13-17/h3-10,13H,11-12,14-15H2,1-2H3,(H,27,30)(H,28,31). The largest absolute Gasteiger partial charge is 0.489 e. The number of pyridine rings is 2. The van der Waals surface area contributed by atoms with Crippen molar-refractivity contribution >= 4 is 11.7 Å². The van der Waals surface area contributed by atoms with Gasteiger partial charge in [0, 0.05) is 42.2 Å². The van der Waals surface area contributed by atoms with Gasteiger partial charge in [0.25, 0.3) is 11.5 Å². The van der Waals surface area contributed by atoms with Crippen LogP contribution in [0.15, 0.2) is 59.7 Å². The van der Waals surface area contributed by atoms with Crippen molar-refractivity contribution in [1.82, 2.24) is 15.3 Å². The third-order valence-corrected chi connectivity index (χ3v) is 5.47. The Morgan fingerprint density at radius 3 is 2.62 bits per heavy atom. The Kier molecular flexibility index (Phi) is 5.90. The van der Waals surface area contributed by atoms with Crippen LogP contribution in [0.4, 0.5) is 0 Å². The Hall–Kier alpha value is -3.74. The van der Waals surface area contributed by atoms with Gasteiger partial charge in [-0.25, -0.2) is 0 Å². The summed E-state index contributed by atoms with van der Waals surface area (Å²) in [4.78, 5) is 44.3. The zero-order chi connectivity index (χ0) is 22.7. The van der Waals surface area contributed by atoms with E-state index in [0.29, 0.717) is 36.5 Å². The fourth-order valence-electron chi connectivity index (χ4n) is 3.83. The summed E-state index contributed by atoms with van der Waals surface area (Å²) in [6.45, 7) is 4.64. The first-order valence-electron chi connectivity index (χ1n) is 10.5. The molecule has 1 amide bonds. The van der Waals surface area contributed by atoms with Gasteiger partial charge in [0.1, 0.15) is 17.9 Å². The van der Waals surface area contributed by atoms with Gasteiger partial charge in [0.15, 0.2) is 5.78 Å². The molecule has 1 aromatic carbocycles. The quantitative estimate of drug-likeness (QED) is 0.623. The van der Waals surface area contributed by atoms with Gasteiger partial charge in [-0.2, -0.15) is 0 Å². The number of nitrogens with one attached hydrogen (secondary N) is 2. The molecule has 1 aliphatic carbocycles. The van der Waals surface area contributed by atoms with E-state index in [-0.39, 0.29) is 23.3 Å². The molecule has 1 aliphatic rings. The van der Waals surface area contributed by atoms with E-state index in [1.807, 2.05) is 50.2 Å². The highest BCUT2D eigenvalue weighted by Gasteiger charge is 2.32. The van der Waals surface area contributed by atoms with Crippen LogP contribution in [-0.4, -0.2) is 21.7 Å². The van der Waals surface area contributed by atoms with Gasteiger partial charge in [0.05, 0.1) is 0 Å². The van der Waals surface area contributed by atoms with Crippen molar-refractivity contribution < 1.29 is 14.3 Å². The van der Waals surface area contributed by atoms with Gasteiger partial charge in [-0.1, -0.05) is 32.0 Å². The van der Waals surface area contributed by atoms with Crippen LogP contribution >= 0.6 is 0 Å². The van der Waals surface area contributed by atoms with E-state index in [1.165, 1.54) is 6.07 Å². The Labute approximate surface area is 185 Å². The number of ketones is 1. The normalized spacial score (nSPS) is 14.5. The van der Waals surface area contributed by atoms with Gasteiger partial charge in [0.2, 0.25) is 0 Å². The SMILES string of the molecule is CC1(C)CC(=O)c2cc(C(=O)NCc3ccc(OCc4cccnc4)cc3)c(=O)[nH]c2C1. The van der Waals surface area contributed by atoms with Crippen molar-refractivity contribution in [2.45, 2.75) is 39.8 Å². The molecule has 164 valence electrons. The maximum atomic E-state index is 12.6. The zero-order valence-electron chi connectivity index (χ0n) is 18.1. The summed E-state index contributed by atoms with van der Waals surface area (Å²) in [6.07, 6.45) is 4.45. The highest BCUT2D eigenvalue weighted by molar-refractivity contribution is 6.02. The molecule has 2 aromatic heterocycles. The number of Topliss-reactive ketones (excluding diaryl/α,β-unsaturated/α-hetero) is 1. The van der Waals surface area contributed by atoms with Crippen molar-refractivity contribution in [3.05, 3.63) is 93.2 Å². The molecule has 2 heterocycles. The monoisotopic (exact) mass is 431 g/mol. The Morgan fingerprint density at radius 1 is 1.12 bits per heavy atom. The topological polar surface area (TPSA) is 101 Å². The summed E-state index contributed by atoms with van der Waals surface area (Å²) in [5, 5.41) is 2.75. The third kappa shape index (κ3) is 4.94. The van der Waals surface area contributed by atoms with Gasteiger partial charge >= 0.3 is 0 Å². The number of benzene rings is 1. The first-order valence-corrected chi connectivity index (χ1v) is 10.5. The van der Waals surface area contributed by atoms with Crippen molar-refractivity contribution in [3.8, 4) is 5.75 Å². The van der Waals surface area contributed by atoms with Crippen LogP contribution in [-0.2, 0) is 19.6 Å². The fourth-order valence-corrected chi connectivity index (χ4v) is 3.83. The van der Waals surface area contributed by atoms with Gasteiger partial charge in [-0.3, -0.25) is 19.4 Å². The predicted octanol–water partition coefficient (Wildman–Crippen LogP) is 3.43. The van der Waals surface area contributed by atoms with Crippen LogP contribution in [0, 0.1) is 5.41 Å².